The molecular formula is C15H17Cl2NO2S. The molecule has 0 saturated carbocycles. The zero-order valence-corrected chi connectivity index (χ0v) is 14.0. The number of sulfonamides is 1. The molecule has 0 spiro atoms. The fraction of sp³-hybridized carbons (Fsp3) is 0.333. The van der Waals surface area contributed by atoms with Crippen LogP contribution in [0.4, 0.5) is 0 Å². The van der Waals surface area contributed by atoms with Gasteiger partial charge in [0.15, 0.2) is 0 Å². The minimum Gasteiger partial charge on any atom is -0.207 e. The summed E-state index contributed by atoms with van der Waals surface area (Å²) < 4.78 is 28.1. The van der Waals surface area contributed by atoms with Gasteiger partial charge in [-0.25, -0.2) is 13.1 Å². The number of rotatable bonds is 6. The molecule has 6 heteroatoms. The van der Waals surface area contributed by atoms with E-state index >= 15 is 0 Å². The maximum Gasteiger partial charge on any atom is 0.241 e. The van der Waals surface area contributed by atoms with Gasteiger partial charge in [0.25, 0.3) is 0 Å². The Balaban J connectivity index is 2.52. The van der Waals surface area contributed by atoms with Crippen molar-refractivity contribution in [2.24, 2.45) is 0 Å². The van der Waals surface area contributed by atoms with Crippen LogP contribution in [0.25, 0.3) is 10.8 Å². The van der Waals surface area contributed by atoms with Gasteiger partial charge >= 0.3 is 0 Å². The van der Waals surface area contributed by atoms with E-state index in [0.29, 0.717) is 11.8 Å². The molecule has 21 heavy (non-hydrogen) atoms. The third-order valence-corrected chi connectivity index (χ3v) is 6.24. The van der Waals surface area contributed by atoms with Crippen molar-refractivity contribution in [3.05, 3.63) is 42.5 Å². The molecule has 3 nitrogen and oxygen atoms in total. The minimum absolute atomic E-state index is 0.122. The van der Waals surface area contributed by atoms with E-state index in [1.807, 2.05) is 31.2 Å². The van der Waals surface area contributed by atoms with Crippen LogP contribution >= 0.6 is 23.2 Å². The summed E-state index contributed by atoms with van der Waals surface area (Å²) in [6, 6.07) is 12.6. The molecule has 0 radical (unpaired) electrons. The fourth-order valence-corrected chi connectivity index (χ4v) is 4.78. The van der Waals surface area contributed by atoms with E-state index in [2.05, 4.69) is 4.72 Å². The van der Waals surface area contributed by atoms with Crippen LogP contribution in [-0.4, -0.2) is 25.7 Å². The van der Waals surface area contributed by atoms with Crippen LogP contribution in [0.3, 0.4) is 0 Å². The van der Waals surface area contributed by atoms with Crippen LogP contribution in [0, 0.1) is 0 Å². The van der Waals surface area contributed by atoms with E-state index in [9.17, 15) is 8.42 Å². The molecule has 0 aliphatic rings. The molecule has 2 rings (SSSR count). The number of hydrogen-bond donors (Lipinski definition) is 1. The van der Waals surface area contributed by atoms with Crippen LogP contribution in [0.15, 0.2) is 47.4 Å². The number of nitrogens with one attached hydrogen (secondary N) is 1. The van der Waals surface area contributed by atoms with Crippen LogP contribution < -0.4 is 4.72 Å². The highest BCUT2D eigenvalue weighted by atomic mass is 35.5. The molecule has 2 aromatic carbocycles. The zero-order chi connectivity index (χ0) is 15.5. The van der Waals surface area contributed by atoms with Crippen LogP contribution in [0.5, 0.6) is 0 Å². The Hall–Kier alpha value is -0.810. The highest BCUT2D eigenvalue weighted by molar-refractivity contribution is 7.89. The molecule has 1 N–H and O–H groups in total. The van der Waals surface area contributed by atoms with E-state index in [1.54, 1.807) is 18.2 Å². The summed E-state index contributed by atoms with van der Waals surface area (Å²) in [7, 11) is -3.70. The first kappa shape index (κ1) is 16.6. The van der Waals surface area contributed by atoms with Gasteiger partial charge in [0.2, 0.25) is 10.0 Å². The molecule has 0 unspecified atom stereocenters. The van der Waals surface area contributed by atoms with E-state index in [-0.39, 0.29) is 16.7 Å². The van der Waals surface area contributed by atoms with Crippen molar-refractivity contribution >= 4 is 44.0 Å². The Morgan fingerprint density at radius 2 is 1.67 bits per heavy atom. The lowest BCUT2D eigenvalue weighted by Gasteiger charge is -2.29. The van der Waals surface area contributed by atoms with Crippen LogP contribution in [0.1, 0.15) is 13.3 Å². The highest BCUT2D eigenvalue weighted by Crippen LogP contribution is 2.25. The van der Waals surface area contributed by atoms with E-state index < -0.39 is 15.6 Å². The van der Waals surface area contributed by atoms with Gasteiger partial charge < -0.3 is 0 Å². The summed E-state index contributed by atoms with van der Waals surface area (Å²) in [5.41, 5.74) is -0.834. The summed E-state index contributed by atoms with van der Waals surface area (Å²) >= 11 is 11.8. The van der Waals surface area contributed by atoms with Gasteiger partial charge in [-0.2, -0.15) is 0 Å². The topological polar surface area (TPSA) is 46.2 Å². The van der Waals surface area contributed by atoms with E-state index in [0.717, 1.165) is 5.39 Å². The van der Waals surface area contributed by atoms with Gasteiger partial charge in [-0.3, -0.25) is 0 Å². The Bertz CT molecular complexity index is 714. The number of alkyl halides is 2. The molecular weight excluding hydrogens is 329 g/mol. The van der Waals surface area contributed by atoms with Gasteiger partial charge in [0.1, 0.15) is 0 Å². The smallest absolute Gasteiger partial charge is 0.207 e. The van der Waals surface area contributed by atoms with E-state index in [1.165, 1.54) is 0 Å². The molecule has 0 bridgehead atoms. The standard InChI is InChI=1S/C15H17Cl2NO2S/c1-2-15(10-16,11-17)18-21(19,20)14-9-5-7-12-6-3-4-8-13(12)14/h3-9,18H,2,10-11H2,1H3. The molecule has 2 aromatic rings. The highest BCUT2D eigenvalue weighted by Gasteiger charge is 2.32. The normalized spacial score (nSPS) is 12.7. The predicted molar refractivity (Wildman–Crippen MR) is 88.7 cm³/mol. The second kappa shape index (κ2) is 6.53. The first-order chi connectivity index (χ1) is 9.98. The minimum atomic E-state index is -3.70. The van der Waals surface area contributed by atoms with Crippen molar-refractivity contribution in [1.82, 2.24) is 4.72 Å². The second-order valence-electron chi connectivity index (χ2n) is 4.98. The van der Waals surface area contributed by atoms with Crippen molar-refractivity contribution in [3.63, 3.8) is 0 Å². The third-order valence-electron chi connectivity index (χ3n) is 3.58. The average molecular weight is 346 g/mol. The lowest BCUT2D eigenvalue weighted by molar-refractivity contribution is 0.450. The fourth-order valence-electron chi connectivity index (χ4n) is 2.12. The van der Waals surface area contributed by atoms with E-state index in [4.69, 9.17) is 23.2 Å². The summed E-state index contributed by atoms with van der Waals surface area (Å²) in [4.78, 5) is 0.244. The Labute approximate surface area is 135 Å². The monoisotopic (exact) mass is 345 g/mol. The molecule has 0 aliphatic carbocycles. The SMILES string of the molecule is CCC(CCl)(CCl)NS(=O)(=O)c1cccc2ccccc12. The summed E-state index contributed by atoms with van der Waals surface area (Å²) in [5.74, 6) is 0.244. The van der Waals surface area contributed by atoms with Crippen molar-refractivity contribution < 1.29 is 8.42 Å². The molecule has 0 atom stereocenters. The number of fused-ring (bicyclic) bond motifs is 1. The number of hydrogen-bond acceptors (Lipinski definition) is 2. The summed E-state index contributed by atoms with van der Waals surface area (Å²) in [6.45, 7) is 1.86. The van der Waals surface area contributed by atoms with Gasteiger partial charge in [-0.05, 0) is 17.9 Å². The predicted octanol–water partition coefficient (Wildman–Crippen LogP) is 3.74. The van der Waals surface area contributed by atoms with Gasteiger partial charge in [0.05, 0.1) is 10.4 Å². The largest absolute Gasteiger partial charge is 0.241 e. The van der Waals surface area contributed by atoms with Gasteiger partial charge in [-0.1, -0.05) is 43.3 Å². The molecule has 0 aromatic heterocycles. The molecule has 0 amide bonds. The number of benzene rings is 2. The van der Waals surface area contributed by atoms with Crippen molar-refractivity contribution in [1.29, 1.82) is 0 Å². The maximum absolute atomic E-state index is 12.7. The van der Waals surface area contributed by atoms with Gasteiger partial charge in [-0.15, -0.1) is 23.2 Å². The zero-order valence-electron chi connectivity index (χ0n) is 11.6. The van der Waals surface area contributed by atoms with Crippen LogP contribution in [-0.2, 0) is 10.0 Å². The average Bonchev–Trinajstić information content (AvgIpc) is 2.52. The third kappa shape index (κ3) is 3.34. The lowest BCUT2D eigenvalue weighted by Crippen LogP contribution is -2.51. The lowest BCUT2D eigenvalue weighted by atomic mass is 10.0. The Morgan fingerprint density at radius 3 is 2.29 bits per heavy atom. The van der Waals surface area contributed by atoms with Gasteiger partial charge in [0, 0.05) is 17.1 Å². The molecule has 0 saturated heterocycles. The first-order valence-electron chi connectivity index (χ1n) is 6.62. The van der Waals surface area contributed by atoms with Crippen molar-refractivity contribution in [3.8, 4) is 0 Å². The quantitative estimate of drug-likeness (QED) is 0.810. The van der Waals surface area contributed by atoms with Crippen LogP contribution in [0.2, 0.25) is 0 Å². The molecule has 0 aliphatic heterocycles. The maximum atomic E-state index is 12.7. The molecule has 0 fully saturated rings. The van der Waals surface area contributed by atoms with Crippen molar-refractivity contribution in [2.45, 2.75) is 23.8 Å². The molecule has 114 valence electrons. The molecule has 0 heterocycles. The van der Waals surface area contributed by atoms with Crippen molar-refractivity contribution in [2.75, 3.05) is 11.8 Å². The second-order valence-corrected chi connectivity index (χ2v) is 7.17. The summed E-state index contributed by atoms with van der Waals surface area (Å²) in [6.07, 6.45) is 0.518. The Kier molecular flexibility index (Phi) is 5.15. The first-order valence-corrected chi connectivity index (χ1v) is 9.17. The Morgan fingerprint density at radius 1 is 1.05 bits per heavy atom. The summed E-state index contributed by atoms with van der Waals surface area (Å²) in [5, 5.41) is 1.56. The number of halogens is 2.